The van der Waals surface area contributed by atoms with Crippen LogP contribution in [0.1, 0.15) is 32.6 Å². The Morgan fingerprint density at radius 2 is 1.57 bits per heavy atom. The van der Waals surface area contributed by atoms with Crippen LogP contribution in [-0.4, -0.2) is 36.1 Å². The van der Waals surface area contributed by atoms with E-state index >= 15 is 0 Å². The minimum Gasteiger partial charge on any atom is -0.308 e. The number of amides is 3. The number of nitrogens with zero attached hydrogens (tertiary/aromatic N) is 2. The number of nitrogens with one attached hydrogen (secondary N) is 2. The second kappa shape index (κ2) is 11.7. The van der Waals surface area contributed by atoms with E-state index < -0.39 is 18.1 Å². The first kappa shape index (κ1) is 27.0. The molecule has 5 rings (SSSR count). The maximum Gasteiger partial charge on any atom is 0.321 e. The summed E-state index contributed by atoms with van der Waals surface area (Å²) < 4.78 is 0.888. The van der Waals surface area contributed by atoms with Crippen molar-refractivity contribution in [1.29, 1.82) is 0 Å². The first-order chi connectivity index (χ1) is 19.3. The molecule has 8 heteroatoms. The second-order valence-electron chi connectivity index (χ2n) is 9.48. The van der Waals surface area contributed by atoms with E-state index in [1.54, 1.807) is 24.3 Å². The van der Waals surface area contributed by atoms with E-state index in [2.05, 4.69) is 26.6 Å². The highest BCUT2D eigenvalue weighted by atomic mass is 79.9. The first-order valence-corrected chi connectivity index (χ1v) is 13.6. The number of benzodiazepines with no additional fused rings is 1. The smallest absolute Gasteiger partial charge is 0.308 e. The molecule has 2 N–H and O–H groups in total. The van der Waals surface area contributed by atoms with Gasteiger partial charge in [-0.15, -0.1) is 0 Å². The van der Waals surface area contributed by atoms with Crippen LogP contribution in [-0.2, 0) is 4.79 Å². The van der Waals surface area contributed by atoms with Crippen LogP contribution in [0.4, 0.5) is 16.2 Å². The molecule has 1 atom stereocenters. The maximum absolute atomic E-state index is 14.1. The van der Waals surface area contributed by atoms with Gasteiger partial charge in [0.2, 0.25) is 6.17 Å². The van der Waals surface area contributed by atoms with Crippen LogP contribution in [0.3, 0.4) is 0 Å². The van der Waals surface area contributed by atoms with Gasteiger partial charge in [0.1, 0.15) is 0 Å². The number of ketones is 1. The van der Waals surface area contributed by atoms with E-state index in [0.717, 1.165) is 21.2 Å². The highest BCUT2D eigenvalue weighted by Gasteiger charge is 2.34. The Bertz CT molecular complexity index is 1630. The molecule has 0 aromatic heterocycles. The molecule has 0 fully saturated rings. The Labute approximate surface area is 241 Å². The van der Waals surface area contributed by atoms with Crippen molar-refractivity contribution in [2.45, 2.75) is 20.0 Å². The number of rotatable bonds is 6. The number of benzene rings is 4. The zero-order chi connectivity index (χ0) is 28.2. The van der Waals surface area contributed by atoms with Gasteiger partial charge in [0, 0.05) is 26.9 Å². The number of Topliss-reactive ketones (excluding diaryl/α,β-unsaturated/α-hetero) is 1. The Hall–Kier alpha value is -4.56. The fourth-order valence-electron chi connectivity index (χ4n) is 4.68. The summed E-state index contributed by atoms with van der Waals surface area (Å²) in [4.78, 5) is 46.8. The van der Waals surface area contributed by atoms with Gasteiger partial charge in [-0.3, -0.25) is 9.59 Å². The standard InChI is InChI=1S/C32H27BrN4O3/c1-20-10-6-7-13-24(20)28(38)19-37-27-15-9-8-14-25(27)29(22-11-4-3-5-12-22)35-30(31(37)39)36-32(40)34-26-17-16-23(33)18-21(26)2/h3-18,30H,19H2,1-2H3,(H2,34,36,40)/t30-/m1/s1. The summed E-state index contributed by atoms with van der Waals surface area (Å²) >= 11 is 3.43. The lowest BCUT2D eigenvalue weighted by atomic mass is 9.99. The van der Waals surface area contributed by atoms with Crippen molar-refractivity contribution in [1.82, 2.24) is 5.32 Å². The van der Waals surface area contributed by atoms with Crippen molar-refractivity contribution in [3.8, 4) is 0 Å². The third-order valence-corrected chi connectivity index (χ3v) is 7.20. The van der Waals surface area contributed by atoms with E-state index in [1.165, 1.54) is 4.90 Å². The topological polar surface area (TPSA) is 90.9 Å². The minimum absolute atomic E-state index is 0.204. The van der Waals surface area contributed by atoms with Crippen LogP contribution < -0.4 is 15.5 Å². The van der Waals surface area contributed by atoms with Crippen molar-refractivity contribution in [3.05, 3.63) is 129 Å². The lowest BCUT2D eigenvalue weighted by Gasteiger charge is -2.25. The molecule has 1 aliphatic heterocycles. The quantitative estimate of drug-likeness (QED) is 0.257. The van der Waals surface area contributed by atoms with Gasteiger partial charge in [-0.05, 0) is 49.2 Å². The van der Waals surface area contributed by atoms with Gasteiger partial charge in [-0.2, -0.15) is 0 Å². The highest BCUT2D eigenvalue weighted by molar-refractivity contribution is 9.10. The molecule has 1 heterocycles. The Balaban J connectivity index is 1.54. The van der Waals surface area contributed by atoms with Gasteiger partial charge in [-0.25, -0.2) is 9.79 Å². The molecule has 7 nitrogen and oxygen atoms in total. The van der Waals surface area contributed by atoms with Crippen molar-refractivity contribution < 1.29 is 14.4 Å². The molecule has 1 aliphatic rings. The number of carbonyl (C=O) groups excluding carboxylic acids is 3. The third-order valence-electron chi connectivity index (χ3n) is 6.71. The number of carbonyl (C=O) groups is 3. The lowest BCUT2D eigenvalue weighted by molar-refractivity contribution is -0.120. The number of hydrogen-bond acceptors (Lipinski definition) is 4. The molecule has 0 saturated carbocycles. The van der Waals surface area contributed by atoms with Crippen LogP contribution in [0.5, 0.6) is 0 Å². The number of urea groups is 1. The summed E-state index contributed by atoms with van der Waals surface area (Å²) in [5.74, 6) is -0.721. The molecule has 4 aromatic rings. The molecule has 0 saturated heterocycles. The largest absolute Gasteiger partial charge is 0.321 e. The highest BCUT2D eigenvalue weighted by Crippen LogP contribution is 2.29. The number of fused-ring (bicyclic) bond motifs is 1. The zero-order valence-electron chi connectivity index (χ0n) is 22.0. The van der Waals surface area contributed by atoms with Gasteiger partial charge in [-0.1, -0.05) is 88.7 Å². The number of hydrogen-bond donors (Lipinski definition) is 2. The van der Waals surface area contributed by atoms with Crippen LogP contribution >= 0.6 is 15.9 Å². The van der Waals surface area contributed by atoms with Gasteiger partial charge in [0.05, 0.1) is 17.9 Å². The zero-order valence-corrected chi connectivity index (χ0v) is 23.6. The van der Waals surface area contributed by atoms with Crippen LogP contribution in [0.2, 0.25) is 0 Å². The number of anilines is 2. The van der Waals surface area contributed by atoms with E-state index in [-0.39, 0.29) is 12.3 Å². The predicted octanol–water partition coefficient (Wildman–Crippen LogP) is 6.28. The Morgan fingerprint density at radius 3 is 2.33 bits per heavy atom. The molecule has 0 radical (unpaired) electrons. The van der Waals surface area contributed by atoms with Gasteiger partial charge >= 0.3 is 6.03 Å². The van der Waals surface area contributed by atoms with Crippen molar-refractivity contribution in [3.63, 3.8) is 0 Å². The fourth-order valence-corrected chi connectivity index (χ4v) is 5.15. The van der Waals surface area contributed by atoms with Crippen LogP contribution in [0.15, 0.2) is 107 Å². The summed E-state index contributed by atoms with van der Waals surface area (Å²) in [5, 5.41) is 5.55. The molecular weight excluding hydrogens is 568 g/mol. The van der Waals surface area contributed by atoms with E-state index in [9.17, 15) is 14.4 Å². The minimum atomic E-state index is -1.27. The molecule has 0 unspecified atom stereocenters. The average molecular weight is 595 g/mol. The molecular formula is C32H27BrN4O3. The summed E-state index contributed by atoms with van der Waals surface area (Å²) in [6.07, 6.45) is -1.27. The average Bonchev–Trinajstić information content (AvgIpc) is 3.06. The maximum atomic E-state index is 14.1. The van der Waals surface area contributed by atoms with Crippen LogP contribution in [0.25, 0.3) is 0 Å². The number of halogens is 1. The van der Waals surface area contributed by atoms with Crippen molar-refractivity contribution in [2.24, 2.45) is 4.99 Å². The normalized spacial score (nSPS) is 14.6. The van der Waals surface area contributed by atoms with Crippen molar-refractivity contribution >= 4 is 50.7 Å². The number of aliphatic imine (C=N–C) groups is 1. The summed E-state index contributed by atoms with van der Waals surface area (Å²) in [5.41, 5.74) is 5.37. The number of aryl methyl sites for hydroxylation is 2. The summed E-state index contributed by atoms with van der Waals surface area (Å²) in [6, 6.07) is 29.0. The number of para-hydroxylation sites is 1. The fraction of sp³-hybridized carbons (Fsp3) is 0.125. The van der Waals surface area contributed by atoms with Crippen LogP contribution in [0, 0.1) is 13.8 Å². The lowest BCUT2D eigenvalue weighted by Crippen LogP contribution is -2.50. The molecule has 200 valence electrons. The molecule has 0 bridgehead atoms. The van der Waals surface area contributed by atoms with Gasteiger partial charge in [0.15, 0.2) is 5.78 Å². The molecule has 4 aromatic carbocycles. The van der Waals surface area contributed by atoms with E-state index in [0.29, 0.717) is 28.2 Å². The molecule has 0 spiro atoms. The molecule has 40 heavy (non-hydrogen) atoms. The van der Waals surface area contributed by atoms with E-state index in [4.69, 9.17) is 4.99 Å². The summed E-state index contributed by atoms with van der Waals surface area (Å²) in [6.45, 7) is 3.53. The van der Waals surface area contributed by atoms with Crippen molar-refractivity contribution in [2.75, 3.05) is 16.8 Å². The van der Waals surface area contributed by atoms with Gasteiger partial charge < -0.3 is 15.5 Å². The predicted molar refractivity (Wildman–Crippen MR) is 161 cm³/mol. The Kier molecular flexibility index (Phi) is 7.89. The van der Waals surface area contributed by atoms with Gasteiger partial charge in [0.25, 0.3) is 5.91 Å². The molecule has 0 aliphatic carbocycles. The first-order valence-electron chi connectivity index (χ1n) is 12.8. The monoisotopic (exact) mass is 594 g/mol. The Morgan fingerprint density at radius 1 is 0.875 bits per heavy atom. The summed E-state index contributed by atoms with van der Waals surface area (Å²) in [7, 11) is 0. The third kappa shape index (κ3) is 5.72. The van der Waals surface area contributed by atoms with E-state index in [1.807, 2.05) is 86.6 Å². The molecule has 3 amide bonds. The SMILES string of the molecule is Cc1cc(Br)ccc1NC(=O)N[C@H]1N=C(c2ccccc2)c2ccccc2N(CC(=O)c2ccccc2C)C1=O. The second-order valence-corrected chi connectivity index (χ2v) is 10.4.